The van der Waals surface area contributed by atoms with Crippen LogP contribution in [-0.4, -0.2) is 23.9 Å². The summed E-state index contributed by atoms with van der Waals surface area (Å²) in [5, 5.41) is 12.1. The van der Waals surface area contributed by atoms with Crippen molar-refractivity contribution in [3.63, 3.8) is 0 Å². The quantitative estimate of drug-likeness (QED) is 0.178. The van der Waals surface area contributed by atoms with E-state index < -0.39 is 0 Å². The lowest BCUT2D eigenvalue weighted by Gasteiger charge is -2.13. The Balaban J connectivity index is 1.12. The molecule has 0 aliphatic heterocycles. The van der Waals surface area contributed by atoms with Gasteiger partial charge in [0.25, 0.3) is 0 Å². The highest BCUT2D eigenvalue weighted by Crippen LogP contribution is 2.42. The van der Waals surface area contributed by atoms with Crippen LogP contribution in [0.2, 0.25) is 0 Å². The molecule has 0 spiro atoms. The first-order valence-electron chi connectivity index (χ1n) is 18.8. The maximum Gasteiger partial charge on any atom is 0.182 e. The van der Waals surface area contributed by atoms with Gasteiger partial charge in [0.15, 0.2) is 11.6 Å². The average molecular weight is 718 g/mol. The predicted octanol–water partition coefficient (Wildman–Crippen LogP) is 12.7. The van der Waals surface area contributed by atoms with E-state index >= 15 is 0 Å². The van der Waals surface area contributed by atoms with E-state index in [1.807, 2.05) is 47.1 Å². The summed E-state index contributed by atoms with van der Waals surface area (Å²) in [5.74, 6) is 1.48. The molecule has 56 heavy (non-hydrogen) atoms. The van der Waals surface area contributed by atoms with Crippen LogP contribution in [0.5, 0.6) is 0 Å². The molecule has 0 bridgehead atoms. The van der Waals surface area contributed by atoms with E-state index in [2.05, 4.69) is 155 Å². The molecule has 6 nitrogen and oxygen atoms in total. The second kappa shape index (κ2) is 11.9. The molecule has 12 aromatic rings. The van der Waals surface area contributed by atoms with Crippen LogP contribution in [0.1, 0.15) is 0 Å². The molecule has 4 heterocycles. The van der Waals surface area contributed by atoms with Gasteiger partial charge in [-0.05, 0) is 60.7 Å². The number of furan rings is 1. The number of aromatic nitrogens is 5. The van der Waals surface area contributed by atoms with Crippen LogP contribution in [0.15, 0.2) is 192 Å². The lowest BCUT2D eigenvalue weighted by Crippen LogP contribution is -2.01. The molecule has 0 fully saturated rings. The van der Waals surface area contributed by atoms with Crippen LogP contribution < -0.4 is 0 Å². The normalized spacial score (nSPS) is 11.9. The summed E-state index contributed by atoms with van der Waals surface area (Å²) in [6.45, 7) is 0. The number of fused-ring (bicyclic) bond motifs is 10. The molecule has 6 heteroatoms. The Morgan fingerprint density at radius 3 is 1.84 bits per heavy atom. The number of hydrogen-bond acceptors (Lipinski definition) is 3. The summed E-state index contributed by atoms with van der Waals surface area (Å²) in [4.78, 5) is 5.14. The summed E-state index contributed by atoms with van der Waals surface area (Å²) in [7, 11) is 0. The number of rotatable bonds is 5. The Morgan fingerprint density at radius 2 is 1.04 bits per heavy atom. The van der Waals surface area contributed by atoms with Gasteiger partial charge in [-0.1, -0.05) is 127 Å². The molecule has 0 unspecified atom stereocenters. The second-order valence-corrected chi connectivity index (χ2v) is 14.2. The molecule has 0 atom stereocenters. The first kappa shape index (κ1) is 30.7. The Bertz CT molecular complexity index is 3480. The van der Waals surface area contributed by atoms with Crippen LogP contribution >= 0.6 is 0 Å². The Labute approximate surface area is 320 Å². The fourth-order valence-electron chi connectivity index (χ4n) is 8.72. The van der Waals surface area contributed by atoms with Crippen molar-refractivity contribution in [1.29, 1.82) is 0 Å². The molecule has 12 rings (SSSR count). The molecule has 0 amide bonds. The van der Waals surface area contributed by atoms with E-state index in [1.165, 1.54) is 10.8 Å². The lowest BCUT2D eigenvalue weighted by molar-refractivity contribution is 0.669. The van der Waals surface area contributed by atoms with Gasteiger partial charge in [0.2, 0.25) is 0 Å². The Hall–Kier alpha value is -7.70. The van der Waals surface area contributed by atoms with Crippen molar-refractivity contribution in [3.05, 3.63) is 188 Å². The van der Waals surface area contributed by atoms with Gasteiger partial charge in [-0.15, -0.1) is 5.10 Å². The van der Waals surface area contributed by atoms with E-state index in [1.54, 1.807) is 0 Å². The summed E-state index contributed by atoms with van der Waals surface area (Å²) in [6.07, 6.45) is 0. The van der Waals surface area contributed by atoms with Crippen molar-refractivity contribution < 1.29 is 4.42 Å². The van der Waals surface area contributed by atoms with Crippen molar-refractivity contribution >= 4 is 65.6 Å². The zero-order valence-electron chi connectivity index (χ0n) is 30.0. The van der Waals surface area contributed by atoms with Crippen molar-refractivity contribution in [3.8, 4) is 39.8 Å². The third-order valence-electron chi connectivity index (χ3n) is 11.1. The highest BCUT2D eigenvalue weighted by Gasteiger charge is 2.23. The van der Waals surface area contributed by atoms with Crippen molar-refractivity contribution in [2.24, 2.45) is 0 Å². The third kappa shape index (κ3) is 4.44. The minimum Gasteiger partial charge on any atom is -0.456 e. The Morgan fingerprint density at radius 1 is 0.411 bits per heavy atom. The third-order valence-corrected chi connectivity index (χ3v) is 11.1. The lowest BCUT2D eigenvalue weighted by atomic mass is 10.1. The van der Waals surface area contributed by atoms with Crippen molar-refractivity contribution in [2.45, 2.75) is 0 Å². The monoisotopic (exact) mass is 717 g/mol. The number of benzene rings is 8. The highest BCUT2D eigenvalue weighted by atomic mass is 16.3. The first-order valence-corrected chi connectivity index (χ1v) is 18.8. The minimum atomic E-state index is 0.684. The molecule has 8 aromatic carbocycles. The molecule has 0 saturated carbocycles. The first-order chi connectivity index (χ1) is 27.8. The molecule has 0 N–H and O–H groups in total. The number of para-hydroxylation sites is 3. The molecule has 4 aromatic heterocycles. The molecular formula is C50H31N5O. The van der Waals surface area contributed by atoms with Crippen LogP contribution in [0.3, 0.4) is 0 Å². The topological polar surface area (TPSA) is 53.7 Å². The van der Waals surface area contributed by atoms with Crippen LogP contribution in [-0.2, 0) is 0 Å². The van der Waals surface area contributed by atoms with Gasteiger partial charge in [0.05, 0.1) is 33.1 Å². The minimum absolute atomic E-state index is 0.684. The molecule has 0 aliphatic rings. The SMILES string of the molecule is c1ccc(-c2nc(-c3ccccc3)n(-c3cccc4c3c3ccccc3n4-c3cccc(-n4c5ccccc5c5ccc6oc7ccccc7c6c54)c3)n2)cc1. The van der Waals surface area contributed by atoms with Crippen molar-refractivity contribution in [1.82, 2.24) is 23.9 Å². The molecule has 0 saturated heterocycles. The van der Waals surface area contributed by atoms with Crippen LogP contribution in [0.25, 0.3) is 105 Å². The van der Waals surface area contributed by atoms with E-state index in [0.29, 0.717) is 5.82 Å². The fraction of sp³-hybridized carbons (Fsp3) is 0. The molecule has 0 aliphatic carbocycles. The van der Waals surface area contributed by atoms with Gasteiger partial charge < -0.3 is 13.6 Å². The zero-order valence-corrected chi connectivity index (χ0v) is 30.0. The second-order valence-electron chi connectivity index (χ2n) is 14.2. The van der Waals surface area contributed by atoms with Gasteiger partial charge in [-0.25, -0.2) is 9.67 Å². The zero-order chi connectivity index (χ0) is 36.7. The fourth-order valence-corrected chi connectivity index (χ4v) is 8.72. The van der Waals surface area contributed by atoms with E-state index in [4.69, 9.17) is 14.5 Å². The van der Waals surface area contributed by atoms with Crippen LogP contribution in [0.4, 0.5) is 0 Å². The summed E-state index contributed by atoms with van der Waals surface area (Å²) >= 11 is 0. The molecular weight excluding hydrogens is 687 g/mol. The van der Waals surface area contributed by atoms with E-state index in [9.17, 15) is 0 Å². The van der Waals surface area contributed by atoms with Crippen LogP contribution in [0, 0.1) is 0 Å². The summed E-state index contributed by atoms with van der Waals surface area (Å²) in [5.41, 5.74) is 11.3. The highest BCUT2D eigenvalue weighted by molar-refractivity contribution is 6.24. The standard InChI is InChI=1S/C50H31N5O/c1-3-15-32(16-4-1)49-51-50(33-17-5-2-6-18-33)55(52-49)43-27-14-26-42-46(43)38-22-8-11-25-41(38)53(42)34-19-13-20-35(31-34)54-40-24-10-7-21-36(40)37-29-30-45-47(48(37)54)39-23-9-12-28-44(39)56-45/h1-31H. The average Bonchev–Trinajstić information content (AvgIpc) is 4.04. The largest absolute Gasteiger partial charge is 0.456 e. The number of nitrogens with zero attached hydrogens (tertiary/aromatic N) is 5. The number of hydrogen-bond donors (Lipinski definition) is 0. The Kier molecular flexibility index (Phi) is 6.53. The van der Waals surface area contributed by atoms with Gasteiger partial charge in [0.1, 0.15) is 11.2 Å². The van der Waals surface area contributed by atoms with Gasteiger partial charge >= 0.3 is 0 Å². The predicted molar refractivity (Wildman–Crippen MR) is 228 cm³/mol. The maximum absolute atomic E-state index is 6.41. The van der Waals surface area contributed by atoms with Gasteiger partial charge in [0, 0.05) is 49.4 Å². The smallest absolute Gasteiger partial charge is 0.182 e. The van der Waals surface area contributed by atoms with Gasteiger partial charge in [-0.2, -0.15) is 0 Å². The van der Waals surface area contributed by atoms with Gasteiger partial charge in [-0.3, -0.25) is 0 Å². The van der Waals surface area contributed by atoms with E-state index in [0.717, 1.165) is 88.8 Å². The summed E-state index contributed by atoms with van der Waals surface area (Å²) < 4.78 is 13.2. The van der Waals surface area contributed by atoms with Crippen molar-refractivity contribution in [2.75, 3.05) is 0 Å². The molecule has 0 radical (unpaired) electrons. The summed E-state index contributed by atoms with van der Waals surface area (Å²) in [6, 6.07) is 65.9. The maximum atomic E-state index is 6.41. The molecule has 262 valence electrons. The van der Waals surface area contributed by atoms with E-state index in [-0.39, 0.29) is 0 Å².